The van der Waals surface area contributed by atoms with Crippen LogP contribution in [0.4, 0.5) is 0 Å². The van der Waals surface area contributed by atoms with Crippen LogP contribution in [0.3, 0.4) is 0 Å². The van der Waals surface area contributed by atoms with Gasteiger partial charge in [0.15, 0.2) is 11.4 Å². The third-order valence-corrected chi connectivity index (χ3v) is 5.25. The minimum Gasteiger partial charge on any atom is -0.496 e. The normalized spacial score (nSPS) is 11.2. The zero-order valence-corrected chi connectivity index (χ0v) is 15.9. The van der Waals surface area contributed by atoms with Gasteiger partial charge in [0, 0.05) is 11.9 Å². The van der Waals surface area contributed by atoms with Crippen LogP contribution in [0, 0.1) is 0 Å². The van der Waals surface area contributed by atoms with Gasteiger partial charge in [-0.3, -0.25) is 4.79 Å². The number of para-hydroxylation sites is 2. The number of carbonyl (C=O) groups is 1. The van der Waals surface area contributed by atoms with Gasteiger partial charge in [-0.15, -0.1) is 10.2 Å². The van der Waals surface area contributed by atoms with Crippen molar-refractivity contribution in [1.82, 2.24) is 19.7 Å². The molecule has 0 aliphatic carbocycles. The molecule has 0 fully saturated rings. The van der Waals surface area contributed by atoms with E-state index in [2.05, 4.69) is 32.7 Å². The van der Waals surface area contributed by atoms with Crippen LogP contribution in [-0.4, -0.2) is 38.4 Å². The van der Waals surface area contributed by atoms with Crippen LogP contribution < -0.4 is 4.74 Å². The molecule has 136 valence electrons. The first-order valence-electron chi connectivity index (χ1n) is 8.63. The van der Waals surface area contributed by atoms with Gasteiger partial charge in [-0.05, 0) is 25.1 Å². The lowest BCUT2D eigenvalue weighted by molar-refractivity contribution is 0.101. The van der Waals surface area contributed by atoms with E-state index in [4.69, 9.17) is 4.74 Å². The number of hydrogen-bond acceptors (Lipinski definition) is 6. The summed E-state index contributed by atoms with van der Waals surface area (Å²) in [6.07, 6.45) is 0. The summed E-state index contributed by atoms with van der Waals surface area (Å²) >= 11 is 1.28. The molecule has 0 saturated carbocycles. The molecular weight excluding hydrogens is 360 g/mol. The summed E-state index contributed by atoms with van der Waals surface area (Å²) in [5.74, 6) is 0.765. The summed E-state index contributed by atoms with van der Waals surface area (Å²) < 4.78 is 7.38. The largest absolute Gasteiger partial charge is 0.496 e. The topological polar surface area (TPSA) is 69.9 Å². The van der Waals surface area contributed by atoms with Gasteiger partial charge in [0.2, 0.25) is 5.16 Å². The zero-order chi connectivity index (χ0) is 18.8. The van der Waals surface area contributed by atoms with Crippen LogP contribution in [-0.2, 0) is 6.54 Å². The molecule has 7 heteroatoms. The summed E-state index contributed by atoms with van der Waals surface area (Å²) in [5.41, 5.74) is 3.22. The summed E-state index contributed by atoms with van der Waals surface area (Å²) in [6, 6.07) is 15.3. The first kappa shape index (κ1) is 17.5. The number of Topliss-reactive ketones (excluding diaryl/α,β-unsaturated/α-hetero) is 1. The number of benzene rings is 2. The third kappa shape index (κ3) is 3.14. The first-order valence-corrected chi connectivity index (χ1v) is 9.62. The maximum atomic E-state index is 12.5. The lowest BCUT2D eigenvalue weighted by Crippen LogP contribution is -2.06. The number of methoxy groups -OCH3 is 1. The van der Waals surface area contributed by atoms with Crippen molar-refractivity contribution in [3.8, 4) is 5.75 Å². The minimum absolute atomic E-state index is 0.0304. The van der Waals surface area contributed by atoms with E-state index in [1.54, 1.807) is 19.2 Å². The molecule has 0 bridgehead atoms. The Morgan fingerprint density at radius 1 is 1.11 bits per heavy atom. The third-order valence-electron chi connectivity index (χ3n) is 4.41. The van der Waals surface area contributed by atoms with Crippen LogP contribution in [0.2, 0.25) is 0 Å². The quantitative estimate of drug-likeness (QED) is 0.373. The molecule has 0 saturated heterocycles. The Labute approximate surface area is 160 Å². The second-order valence-electron chi connectivity index (χ2n) is 5.94. The van der Waals surface area contributed by atoms with Gasteiger partial charge in [-0.25, -0.2) is 4.98 Å². The van der Waals surface area contributed by atoms with E-state index in [9.17, 15) is 4.79 Å². The molecule has 27 heavy (non-hydrogen) atoms. The van der Waals surface area contributed by atoms with Crippen LogP contribution in [0.25, 0.3) is 22.1 Å². The van der Waals surface area contributed by atoms with Crippen molar-refractivity contribution >= 4 is 39.6 Å². The number of aromatic nitrogens is 4. The Morgan fingerprint density at radius 3 is 2.70 bits per heavy atom. The second-order valence-corrected chi connectivity index (χ2v) is 6.88. The molecule has 0 amide bonds. The van der Waals surface area contributed by atoms with E-state index < -0.39 is 0 Å². The van der Waals surface area contributed by atoms with E-state index in [0.29, 0.717) is 16.5 Å². The minimum atomic E-state index is -0.0304. The van der Waals surface area contributed by atoms with Crippen LogP contribution >= 0.6 is 11.8 Å². The number of rotatable bonds is 6. The smallest absolute Gasteiger partial charge is 0.211 e. The van der Waals surface area contributed by atoms with Crippen molar-refractivity contribution in [3.05, 3.63) is 54.1 Å². The van der Waals surface area contributed by atoms with Gasteiger partial charge in [0.1, 0.15) is 11.3 Å². The molecule has 2 heterocycles. The fraction of sp³-hybridized carbons (Fsp3) is 0.200. The van der Waals surface area contributed by atoms with Gasteiger partial charge in [-0.2, -0.15) is 0 Å². The van der Waals surface area contributed by atoms with E-state index in [0.717, 1.165) is 28.6 Å². The number of ether oxygens (including phenoxy) is 1. The molecule has 0 atom stereocenters. The molecule has 0 aliphatic heterocycles. The van der Waals surface area contributed by atoms with Gasteiger partial charge in [0.05, 0.1) is 23.9 Å². The lowest BCUT2D eigenvalue weighted by Gasteiger charge is -2.06. The van der Waals surface area contributed by atoms with Crippen molar-refractivity contribution in [3.63, 3.8) is 0 Å². The molecule has 2 aromatic carbocycles. The molecule has 0 spiro atoms. The predicted octanol–water partition coefficient (Wildman–Crippen LogP) is 3.98. The van der Waals surface area contributed by atoms with Gasteiger partial charge in [-0.1, -0.05) is 42.1 Å². The summed E-state index contributed by atoms with van der Waals surface area (Å²) in [5, 5.41) is 10.1. The molecule has 6 nitrogen and oxygen atoms in total. The number of fused-ring (bicyclic) bond motifs is 3. The summed E-state index contributed by atoms with van der Waals surface area (Å²) in [7, 11) is 1.56. The van der Waals surface area contributed by atoms with Crippen molar-refractivity contribution < 1.29 is 9.53 Å². The predicted molar refractivity (Wildman–Crippen MR) is 107 cm³/mol. The SMILES string of the molecule is CCn1c2ccccc2c2nnc(SCC(=O)c3ccccc3OC)nc21. The Kier molecular flexibility index (Phi) is 4.77. The Hall–Kier alpha value is -2.93. The fourth-order valence-corrected chi connectivity index (χ4v) is 3.82. The average molecular weight is 378 g/mol. The number of carbonyl (C=O) groups excluding carboxylic acids is 1. The first-order chi connectivity index (χ1) is 13.2. The number of nitrogens with zero attached hydrogens (tertiary/aromatic N) is 4. The van der Waals surface area contributed by atoms with Crippen molar-refractivity contribution in [2.45, 2.75) is 18.6 Å². The van der Waals surface area contributed by atoms with Gasteiger partial charge >= 0.3 is 0 Å². The molecule has 4 rings (SSSR count). The Balaban J connectivity index is 1.63. The van der Waals surface area contributed by atoms with E-state index in [-0.39, 0.29) is 11.5 Å². The van der Waals surface area contributed by atoms with Crippen LogP contribution in [0.1, 0.15) is 17.3 Å². The fourth-order valence-electron chi connectivity index (χ4n) is 3.15. The molecule has 2 aromatic heterocycles. The number of aryl methyl sites for hydroxylation is 1. The van der Waals surface area contributed by atoms with Gasteiger partial charge < -0.3 is 9.30 Å². The average Bonchev–Trinajstić information content (AvgIpc) is 3.04. The highest BCUT2D eigenvalue weighted by Crippen LogP contribution is 2.27. The van der Waals surface area contributed by atoms with Crippen molar-refractivity contribution in [2.75, 3.05) is 12.9 Å². The standard InChI is InChI=1S/C20H18N4O2S/c1-3-24-15-10-6-4-8-13(15)18-19(24)21-20(23-22-18)27-12-16(25)14-9-5-7-11-17(14)26-2/h4-11H,3,12H2,1-2H3. The second kappa shape index (κ2) is 7.36. The van der Waals surface area contributed by atoms with Crippen molar-refractivity contribution in [1.29, 1.82) is 0 Å². The molecular formula is C20H18N4O2S. The maximum Gasteiger partial charge on any atom is 0.211 e. The van der Waals surface area contributed by atoms with Gasteiger partial charge in [0.25, 0.3) is 0 Å². The summed E-state index contributed by atoms with van der Waals surface area (Å²) in [4.78, 5) is 17.2. The number of thioether (sulfide) groups is 1. The molecule has 0 N–H and O–H groups in total. The van der Waals surface area contributed by atoms with Crippen LogP contribution in [0.15, 0.2) is 53.7 Å². The zero-order valence-electron chi connectivity index (χ0n) is 15.0. The van der Waals surface area contributed by atoms with E-state index in [1.807, 2.05) is 30.3 Å². The van der Waals surface area contributed by atoms with E-state index >= 15 is 0 Å². The highest BCUT2D eigenvalue weighted by Gasteiger charge is 2.16. The van der Waals surface area contributed by atoms with E-state index in [1.165, 1.54) is 11.8 Å². The molecule has 0 radical (unpaired) electrons. The molecule has 4 aromatic rings. The number of ketones is 1. The monoisotopic (exact) mass is 378 g/mol. The highest BCUT2D eigenvalue weighted by atomic mass is 32.2. The molecule has 0 unspecified atom stereocenters. The number of hydrogen-bond donors (Lipinski definition) is 0. The Morgan fingerprint density at radius 2 is 1.89 bits per heavy atom. The maximum absolute atomic E-state index is 12.5. The molecule has 0 aliphatic rings. The lowest BCUT2D eigenvalue weighted by atomic mass is 10.1. The van der Waals surface area contributed by atoms with Crippen molar-refractivity contribution in [2.24, 2.45) is 0 Å². The Bertz CT molecular complexity index is 1140. The van der Waals surface area contributed by atoms with Crippen LogP contribution in [0.5, 0.6) is 5.75 Å². The summed E-state index contributed by atoms with van der Waals surface area (Å²) in [6.45, 7) is 2.86. The highest BCUT2D eigenvalue weighted by molar-refractivity contribution is 7.99.